The molecule has 27 heavy (non-hydrogen) atoms. The number of hydrogen-bond acceptors (Lipinski definition) is 7. The van der Waals surface area contributed by atoms with Crippen molar-refractivity contribution in [1.82, 2.24) is 0 Å². The molecule has 2 spiro atoms. The number of aliphatic hydroxyl groups excluding tert-OH is 1. The van der Waals surface area contributed by atoms with Crippen LogP contribution in [0.1, 0.15) is 40.0 Å². The molecule has 0 aromatic rings. The van der Waals surface area contributed by atoms with Gasteiger partial charge in [0.25, 0.3) is 0 Å². The summed E-state index contributed by atoms with van der Waals surface area (Å²) in [6, 6.07) is 0. The molecule has 7 nitrogen and oxygen atoms in total. The van der Waals surface area contributed by atoms with Gasteiger partial charge in [-0.25, -0.2) is 0 Å². The number of fused-ring (bicyclic) bond motifs is 2. The Balaban J connectivity index is 1.62. The number of rotatable bonds is 0. The second-order valence-electron chi connectivity index (χ2n) is 10.4. The van der Waals surface area contributed by atoms with Crippen LogP contribution in [0.15, 0.2) is 0 Å². The average molecular weight is 378 g/mol. The summed E-state index contributed by atoms with van der Waals surface area (Å²) in [5, 5.41) is 22.3. The van der Waals surface area contributed by atoms with E-state index in [4.69, 9.17) is 14.2 Å². The number of carbonyl (C=O) groups is 2. The van der Waals surface area contributed by atoms with Crippen LogP contribution in [-0.4, -0.2) is 58.8 Å². The molecule has 0 radical (unpaired) electrons. The SMILES string of the molecule is CC1(C)C2CC3OC(=O)C45CC(C[C@@H](O)C46COC(O2)C1C36)[C@@](C)(O)C5=O. The first-order valence-corrected chi connectivity index (χ1v) is 10.0. The van der Waals surface area contributed by atoms with Gasteiger partial charge in [-0.1, -0.05) is 13.8 Å². The first-order chi connectivity index (χ1) is 12.6. The van der Waals surface area contributed by atoms with E-state index in [1.807, 2.05) is 0 Å². The second kappa shape index (κ2) is 4.42. The highest BCUT2D eigenvalue weighted by atomic mass is 16.7. The minimum Gasteiger partial charge on any atom is -0.461 e. The van der Waals surface area contributed by atoms with E-state index in [9.17, 15) is 19.8 Å². The molecule has 6 fully saturated rings. The fourth-order valence-corrected chi connectivity index (χ4v) is 7.89. The van der Waals surface area contributed by atoms with Crippen LogP contribution in [0, 0.1) is 34.0 Å². The number of ether oxygens (including phenoxy) is 3. The van der Waals surface area contributed by atoms with Crippen molar-refractivity contribution >= 4 is 11.8 Å². The zero-order valence-corrected chi connectivity index (χ0v) is 15.8. The van der Waals surface area contributed by atoms with E-state index >= 15 is 0 Å². The van der Waals surface area contributed by atoms with Crippen LogP contribution < -0.4 is 0 Å². The van der Waals surface area contributed by atoms with E-state index in [1.54, 1.807) is 0 Å². The molecular weight excluding hydrogens is 352 g/mol. The molecule has 2 N–H and O–H groups in total. The normalized spacial score (nSPS) is 62.2. The molecule has 0 aromatic heterocycles. The zero-order valence-electron chi connectivity index (χ0n) is 15.8. The summed E-state index contributed by atoms with van der Waals surface area (Å²) in [5.41, 5.74) is -4.42. The highest BCUT2D eigenvalue weighted by Gasteiger charge is 2.85. The van der Waals surface area contributed by atoms with Gasteiger partial charge in [-0.15, -0.1) is 0 Å². The second-order valence-corrected chi connectivity index (χ2v) is 10.4. The van der Waals surface area contributed by atoms with E-state index in [0.717, 1.165) is 0 Å². The van der Waals surface area contributed by atoms with Gasteiger partial charge in [-0.05, 0) is 31.1 Å². The van der Waals surface area contributed by atoms with E-state index in [1.165, 1.54) is 6.92 Å². The van der Waals surface area contributed by atoms with E-state index in [0.29, 0.717) is 12.8 Å². The van der Waals surface area contributed by atoms with Gasteiger partial charge in [0.2, 0.25) is 0 Å². The van der Waals surface area contributed by atoms with Gasteiger partial charge in [-0.2, -0.15) is 0 Å². The Hall–Kier alpha value is -1.02. The smallest absolute Gasteiger partial charge is 0.320 e. The number of Topliss-reactive ketones (excluding diaryl/α,β-unsaturated/α-hetero) is 1. The summed E-state index contributed by atoms with van der Waals surface area (Å²) in [6.45, 7) is 5.83. The highest BCUT2D eigenvalue weighted by molar-refractivity contribution is 6.11. The third kappa shape index (κ3) is 1.46. The standard InChI is InChI=1S/C20H26O7/c1-17(2)11-5-9-12-13(17)14(27-11)25-7-20(12)10(21)4-8-6-19(20,16(23)26-9)15(22)18(8,3)24/h8-14,21,24H,4-7H2,1-3H3/t8?,9?,10-,11?,12?,13?,14?,18-,19?,20?/m1/s1. The summed E-state index contributed by atoms with van der Waals surface area (Å²) < 4.78 is 18.2. The lowest BCUT2D eigenvalue weighted by atomic mass is 9.42. The summed E-state index contributed by atoms with van der Waals surface area (Å²) in [7, 11) is 0. The van der Waals surface area contributed by atoms with Crippen molar-refractivity contribution in [3.8, 4) is 0 Å². The Morgan fingerprint density at radius 3 is 2.59 bits per heavy atom. The van der Waals surface area contributed by atoms with Crippen LogP contribution in [-0.2, 0) is 23.8 Å². The Labute approximate surface area is 157 Å². The van der Waals surface area contributed by atoms with Gasteiger partial charge in [-0.3, -0.25) is 9.59 Å². The molecule has 3 saturated carbocycles. The molecule has 0 amide bonds. The van der Waals surface area contributed by atoms with Gasteiger partial charge in [0.15, 0.2) is 12.1 Å². The Bertz CT molecular complexity index is 774. The lowest BCUT2D eigenvalue weighted by molar-refractivity contribution is -0.306. The maximum Gasteiger partial charge on any atom is 0.320 e. The van der Waals surface area contributed by atoms with Crippen LogP contribution in [0.3, 0.4) is 0 Å². The fraction of sp³-hybridized carbons (Fsp3) is 0.900. The molecule has 148 valence electrons. The molecule has 3 heterocycles. The quantitative estimate of drug-likeness (QED) is 0.465. The van der Waals surface area contributed by atoms with Crippen LogP contribution >= 0.6 is 0 Å². The van der Waals surface area contributed by atoms with E-state index in [-0.39, 0.29) is 42.5 Å². The molecule has 3 aliphatic heterocycles. The van der Waals surface area contributed by atoms with Crippen LogP contribution in [0.5, 0.6) is 0 Å². The van der Waals surface area contributed by atoms with Crippen LogP contribution in [0.2, 0.25) is 0 Å². The van der Waals surface area contributed by atoms with Crippen LogP contribution in [0.4, 0.5) is 0 Å². The topological polar surface area (TPSA) is 102 Å². The molecular formula is C20H26O7. The van der Waals surface area contributed by atoms with Crippen molar-refractivity contribution in [1.29, 1.82) is 0 Å². The van der Waals surface area contributed by atoms with E-state index < -0.39 is 46.5 Å². The number of aliphatic hydroxyl groups is 2. The number of esters is 1. The largest absolute Gasteiger partial charge is 0.461 e. The Kier molecular flexibility index (Phi) is 2.77. The molecule has 7 heteroatoms. The predicted octanol–water partition coefficient (Wildman–Crippen LogP) is 0.407. The lowest BCUT2D eigenvalue weighted by Gasteiger charge is -2.65. The molecule has 10 atom stereocenters. The zero-order chi connectivity index (χ0) is 19.1. The van der Waals surface area contributed by atoms with Crippen molar-refractivity contribution in [3.63, 3.8) is 0 Å². The van der Waals surface area contributed by atoms with Gasteiger partial charge >= 0.3 is 5.97 Å². The van der Waals surface area contributed by atoms with Gasteiger partial charge in [0, 0.05) is 23.7 Å². The summed E-state index contributed by atoms with van der Waals surface area (Å²) in [4.78, 5) is 26.8. The Morgan fingerprint density at radius 1 is 1.11 bits per heavy atom. The molecule has 8 unspecified atom stereocenters. The minimum absolute atomic E-state index is 0.0653. The predicted molar refractivity (Wildman–Crippen MR) is 89.1 cm³/mol. The third-order valence-electron chi connectivity index (χ3n) is 9.29. The first kappa shape index (κ1) is 16.9. The van der Waals surface area contributed by atoms with E-state index in [2.05, 4.69) is 13.8 Å². The summed E-state index contributed by atoms with van der Waals surface area (Å²) >= 11 is 0. The van der Waals surface area contributed by atoms with Crippen LogP contribution in [0.25, 0.3) is 0 Å². The van der Waals surface area contributed by atoms with Crippen molar-refractivity contribution in [2.75, 3.05) is 6.61 Å². The molecule has 4 bridgehead atoms. The monoisotopic (exact) mass is 378 g/mol. The van der Waals surface area contributed by atoms with Crippen molar-refractivity contribution in [2.24, 2.45) is 34.0 Å². The van der Waals surface area contributed by atoms with Gasteiger partial charge in [0.05, 0.1) is 18.8 Å². The van der Waals surface area contributed by atoms with Crippen molar-refractivity contribution < 1.29 is 34.0 Å². The molecule has 0 aromatic carbocycles. The maximum atomic E-state index is 13.5. The molecule has 3 saturated heterocycles. The average Bonchev–Trinajstić information content (AvgIpc) is 2.86. The lowest BCUT2D eigenvalue weighted by Crippen LogP contribution is -2.75. The van der Waals surface area contributed by atoms with Gasteiger partial charge < -0.3 is 24.4 Å². The molecule has 6 aliphatic rings. The summed E-state index contributed by atoms with van der Waals surface area (Å²) in [5.74, 6) is -1.81. The fourth-order valence-electron chi connectivity index (χ4n) is 7.89. The third-order valence-corrected chi connectivity index (χ3v) is 9.29. The Morgan fingerprint density at radius 2 is 1.85 bits per heavy atom. The minimum atomic E-state index is -1.63. The molecule has 6 rings (SSSR count). The number of ketones is 1. The maximum absolute atomic E-state index is 13.5. The number of hydrogen-bond donors (Lipinski definition) is 2. The summed E-state index contributed by atoms with van der Waals surface area (Å²) in [6.07, 6.45) is -0.694. The van der Waals surface area contributed by atoms with Crippen molar-refractivity contribution in [3.05, 3.63) is 0 Å². The van der Waals surface area contributed by atoms with Gasteiger partial charge in [0.1, 0.15) is 17.1 Å². The number of carbonyl (C=O) groups excluding carboxylic acids is 2. The molecule has 3 aliphatic carbocycles. The highest BCUT2D eigenvalue weighted by Crippen LogP contribution is 2.74. The van der Waals surface area contributed by atoms with Crippen molar-refractivity contribution in [2.45, 2.75) is 70.2 Å². The first-order valence-electron chi connectivity index (χ1n) is 10.0.